The first-order valence-electron chi connectivity index (χ1n) is 9.36. The lowest BCUT2D eigenvalue weighted by Crippen LogP contribution is -2.61. The second-order valence-electron chi connectivity index (χ2n) is 7.46. The molecular formula is C21H20ClFN2OS. The summed E-state index contributed by atoms with van der Waals surface area (Å²) in [6.07, 6.45) is 4.83. The van der Waals surface area contributed by atoms with E-state index in [1.807, 2.05) is 12.1 Å². The monoisotopic (exact) mass is 402 g/mol. The van der Waals surface area contributed by atoms with Crippen molar-refractivity contribution < 1.29 is 9.13 Å². The van der Waals surface area contributed by atoms with Crippen molar-refractivity contribution in [3.8, 4) is 11.5 Å². The van der Waals surface area contributed by atoms with E-state index in [0.717, 1.165) is 18.0 Å². The number of halogens is 2. The van der Waals surface area contributed by atoms with Crippen molar-refractivity contribution in [3.63, 3.8) is 0 Å². The van der Waals surface area contributed by atoms with Crippen LogP contribution in [0.1, 0.15) is 31.2 Å². The molecule has 0 radical (unpaired) electrons. The minimum absolute atomic E-state index is 0.0416. The summed E-state index contributed by atoms with van der Waals surface area (Å²) in [5, 5.41) is 0.0647. The predicted molar refractivity (Wildman–Crippen MR) is 108 cm³/mol. The third kappa shape index (κ3) is 2.92. The zero-order valence-corrected chi connectivity index (χ0v) is 16.4. The van der Waals surface area contributed by atoms with Gasteiger partial charge in [-0.1, -0.05) is 23.7 Å². The van der Waals surface area contributed by atoms with Gasteiger partial charge in [0, 0.05) is 24.4 Å². The summed E-state index contributed by atoms with van der Waals surface area (Å²) in [5.41, 5.74) is 1.36. The molecule has 2 aromatic rings. The Labute approximate surface area is 167 Å². The first kappa shape index (κ1) is 17.4. The van der Waals surface area contributed by atoms with Gasteiger partial charge in [0.2, 0.25) is 0 Å². The molecule has 1 aliphatic carbocycles. The van der Waals surface area contributed by atoms with Gasteiger partial charge in [0.25, 0.3) is 0 Å². The van der Waals surface area contributed by atoms with Gasteiger partial charge in [0.15, 0.2) is 0 Å². The predicted octanol–water partition coefficient (Wildman–Crippen LogP) is 5.83. The zero-order chi connectivity index (χ0) is 18.4. The highest BCUT2D eigenvalue weighted by Crippen LogP contribution is 2.49. The molecule has 0 N–H and O–H groups in total. The van der Waals surface area contributed by atoms with Crippen LogP contribution in [0.25, 0.3) is 0 Å². The summed E-state index contributed by atoms with van der Waals surface area (Å²) in [5.74, 6) is 3.18. The molecule has 0 unspecified atom stereocenters. The van der Waals surface area contributed by atoms with Crippen molar-refractivity contribution in [3.05, 3.63) is 58.9 Å². The average molecular weight is 403 g/mol. The normalized spacial score (nSPS) is 26.5. The first-order valence-corrected chi connectivity index (χ1v) is 10.7. The van der Waals surface area contributed by atoms with Crippen LogP contribution in [0.3, 0.4) is 0 Å². The lowest BCUT2D eigenvalue weighted by atomic mass is 9.63. The van der Waals surface area contributed by atoms with E-state index in [4.69, 9.17) is 20.7 Å². The molecule has 3 fully saturated rings. The number of piperidine rings is 2. The third-order valence-corrected chi connectivity index (χ3v) is 7.01. The summed E-state index contributed by atoms with van der Waals surface area (Å²) >= 11 is 7.54. The highest BCUT2D eigenvalue weighted by Gasteiger charge is 2.51. The molecule has 6 heteroatoms. The average Bonchev–Trinajstić information content (AvgIpc) is 2.72. The minimum Gasteiger partial charge on any atom is -0.457 e. The van der Waals surface area contributed by atoms with Crippen LogP contribution in [0.15, 0.2) is 46.9 Å². The Morgan fingerprint density at radius 2 is 1.85 bits per heavy atom. The fraction of sp³-hybridized carbons (Fsp3) is 0.381. The summed E-state index contributed by atoms with van der Waals surface area (Å²) in [7, 11) is 0. The van der Waals surface area contributed by atoms with Crippen LogP contribution < -0.4 is 4.74 Å². The van der Waals surface area contributed by atoms with E-state index in [9.17, 15) is 4.39 Å². The van der Waals surface area contributed by atoms with E-state index in [-0.39, 0.29) is 10.4 Å². The zero-order valence-electron chi connectivity index (χ0n) is 14.8. The summed E-state index contributed by atoms with van der Waals surface area (Å²) in [6.45, 7) is 1.11. The Balaban J connectivity index is 1.42. The van der Waals surface area contributed by atoms with Crippen molar-refractivity contribution in [2.24, 2.45) is 4.40 Å². The Kier molecular flexibility index (Phi) is 4.32. The van der Waals surface area contributed by atoms with Crippen molar-refractivity contribution in [2.45, 2.75) is 37.1 Å². The number of ether oxygens (including phenoxy) is 1. The van der Waals surface area contributed by atoms with Crippen molar-refractivity contribution in [2.75, 3.05) is 12.3 Å². The maximum absolute atomic E-state index is 13.3. The molecule has 6 rings (SSSR count). The molecule has 2 saturated heterocycles. The van der Waals surface area contributed by atoms with Gasteiger partial charge >= 0.3 is 0 Å². The molecule has 0 amide bonds. The van der Waals surface area contributed by atoms with E-state index in [0.29, 0.717) is 11.8 Å². The number of benzene rings is 2. The molecule has 27 heavy (non-hydrogen) atoms. The number of amidine groups is 1. The van der Waals surface area contributed by atoms with E-state index in [1.54, 1.807) is 18.0 Å². The molecule has 4 aliphatic rings. The molecule has 0 aromatic heterocycles. The Morgan fingerprint density at radius 3 is 2.59 bits per heavy atom. The highest BCUT2D eigenvalue weighted by molar-refractivity contribution is 7.98. The van der Waals surface area contributed by atoms with E-state index >= 15 is 0 Å². The van der Waals surface area contributed by atoms with Gasteiger partial charge in [-0.05, 0) is 67.5 Å². The van der Waals surface area contributed by atoms with Crippen molar-refractivity contribution >= 4 is 29.4 Å². The topological polar surface area (TPSA) is 24.8 Å². The number of rotatable bonds is 3. The molecule has 3 nitrogen and oxygen atoms in total. The van der Waals surface area contributed by atoms with Crippen LogP contribution in [0, 0.1) is 5.82 Å². The minimum atomic E-state index is -0.443. The van der Waals surface area contributed by atoms with Gasteiger partial charge < -0.3 is 9.64 Å². The lowest BCUT2D eigenvalue weighted by Gasteiger charge is -2.55. The Morgan fingerprint density at radius 1 is 1.11 bits per heavy atom. The van der Waals surface area contributed by atoms with Crippen molar-refractivity contribution in [1.29, 1.82) is 0 Å². The molecule has 140 valence electrons. The largest absolute Gasteiger partial charge is 0.457 e. The summed E-state index contributed by atoms with van der Waals surface area (Å²) < 4.78 is 24.0. The van der Waals surface area contributed by atoms with Crippen molar-refractivity contribution in [1.82, 2.24) is 4.90 Å². The number of fused-ring (bicyclic) bond motifs is 2. The molecule has 0 atom stereocenters. The molecule has 1 saturated carbocycles. The van der Waals surface area contributed by atoms with E-state index in [1.165, 1.54) is 49.2 Å². The maximum Gasteiger partial charge on any atom is 0.142 e. The second kappa shape index (κ2) is 6.71. The quantitative estimate of drug-likeness (QED) is 0.604. The molecular weight excluding hydrogens is 383 g/mol. The van der Waals surface area contributed by atoms with E-state index in [2.05, 4.69) is 17.0 Å². The van der Waals surface area contributed by atoms with Gasteiger partial charge in [0.1, 0.15) is 23.2 Å². The lowest BCUT2D eigenvalue weighted by molar-refractivity contribution is 0.153. The molecule has 3 aliphatic heterocycles. The Hall–Kier alpha value is -1.72. The first-order chi connectivity index (χ1) is 13.2. The standard InChI is InChI=1S/C21H20ClFN2OS/c22-18-13-17(5-6-19(18)23)26-16-3-1-14(2-4-16)21-9-7-15(8-10-21)25-11-12-27-24-20(21)25/h1-6,13,15H,7-12H2. The SMILES string of the molecule is Fc1ccc(Oc2ccc(C34CCC(CC3)N3CCSN=C34)cc2)cc1Cl. The fourth-order valence-corrected chi connectivity index (χ4v) is 5.63. The Bertz CT molecular complexity index is 894. The highest BCUT2D eigenvalue weighted by atomic mass is 35.5. The molecule has 3 heterocycles. The van der Waals surface area contributed by atoms with E-state index < -0.39 is 5.82 Å². The van der Waals surface area contributed by atoms with Gasteiger partial charge in [-0.3, -0.25) is 0 Å². The number of hydrogen-bond donors (Lipinski definition) is 0. The summed E-state index contributed by atoms with van der Waals surface area (Å²) in [6, 6.07) is 13.4. The summed E-state index contributed by atoms with van der Waals surface area (Å²) in [4.78, 5) is 2.55. The van der Waals surface area contributed by atoms with Gasteiger partial charge in [0.05, 0.1) is 10.4 Å². The second-order valence-corrected chi connectivity index (χ2v) is 8.71. The van der Waals surface area contributed by atoms with Crippen LogP contribution in [0.5, 0.6) is 11.5 Å². The van der Waals surface area contributed by atoms with Crippen LogP contribution in [-0.2, 0) is 5.41 Å². The smallest absolute Gasteiger partial charge is 0.142 e. The number of hydrogen-bond acceptors (Lipinski definition) is 4. The molecule has 0 spiro atoms. The van der Waals surface area contributed by atoms with Crippen LogP contribution in [0.2, 0.25) is 5.02 Å². The molecule has 2 aromatic carbocycles. The van der Waals surface area contributed by atoms with Gasteiger partial charge in [-0.2, -0.15) is 0 Å². The van der Waals surface area contributed by atoms with Gasteiger partial charge in [-0.25, -0.2) is 8.79 Å². The van der Waals surface area contributed by atoms with Crippen LogP contribution in [-0.4, -0.2) is 29.1 Å². The fourth-order valence-electron chi connectivity index (χ4n) is 4.69. The number of nitrogens with zero attached hydrogens (tertiary/aromatic N) is 2. The van der Waals surface area contributed by atoms with Gasteiger partial charge in [-0.15, -0.1) is 0 Å². The maximum atomic E-state index is 13.3. The van der Waals surface area contributed by atoms with Crippen LogP contribution >= 0.6 is 23.5 Å². The third-order valence-electron chi connectivity index (χ3n) is 6.06. The molecule has 2 bridgehead atoms. The van der Waals surface area contributed by atoms with Crippen LogP contribution in [0.4, 0.5) is 4.39 Å².